The molecular formula is C31H31NO2. The number of methoxy groups -OCH3 is 1. The highest BCUT2D eigenvalue weighted by Gasteiger charge is 2.29. The number of aryl methyl sites for hydroxylation is 1. The molecule has 0 heterocycles. The van der Waals surface area contributed by atoms with Gasteiger partial charge in [0.25, 0.3) is 0 Å². The molecule has 0 amide bonds. The van der Waals surface area contributed by atoms with E-state index in [1.54, 1.807) is 0 Å². The smallest absolute Gasteiger partial charge is 0.338 e. The largest absolute Gasteiger partial charge is 0.465 e. The molecule has 0 spiro atoms. The molecule has 0 saturated carbocycles. The van der Waals surface area contributed by atoms with Gasteiger partial charge >= 0.3 is 5.97 Å². The van der Waals surface area contributed by atoms with Crippen molar-refractivity contribution in [2.24, 2.45) is 0 Å². The Hall–Kier alpha value is -3.43. The first kappa shape index (κ1) is 22.4. The monoisotopic (exact) mass is 449 g/mol. The molecule has 34 heavy (non-hydrogen) atoms. The van der Waals surface area contributed by atoms with E-state index < -0.39 is 0 Å². The van der Waals surface area contributed by atoms with Gasteiger partial charge in [-0.1, -0.05) is 78.9 Å². The summed E-state index contributed by atoms with van der Waals surface area (Å²) >= 11 is 0. The van der Waals surface area contributed by atoms with Gasteiger partial charge in [0.15, 0.2) is 0 Å². The van der Waals surface area contributed by atoms with Gasteiger partial charge in [0.05, 0.1) is 12.7 Å². The minimum absolute atomic E-state index is 0.241. The Balaban J connectivity index is 1.45. The third-order valence-electron chi connectivity index (χ3n) is 7.25. The van der Waals surface area contributed by atoms with Gasteiger partial charge in [-0.2, -0.15) is 0 Å². The van der Waals surface area contributed by atoms with Crippen LogP contribution in [0.3, 0.4) is 0 Å². The lowest BCUT2D eigenvalue weighted by atomic mass is 9.76. The molecule has 3 heteroatoms. The van der Waals surface area contributed by atoms with Crippen molar-refractivity contribution >= 4 is 16.7 Å². The lowest BCUT2D eigenvalue weighted by Crippen LogP contribution is -2.38. The number of ether oxygens (including phenoxy) is 1. The zero-order valence-corrected chi connectivity index (χ0v) is 20.0. The molecule has 0 bridgehead atoms. The molecular weight excluding hydrogens is 418 g/mol. The van der Waals surface area contributed by atoms with Crippen LogP contribution in [0.1, 0.15) is 63.5 Å². The fourth-order valence-electron chi connectivity index (χ4n) is 5.58. The van der Waals surface area contributed by atoms with Crippen molar-refractivity contribution < 1.29 is 9.53 Å². The highest BCUT2D eigenvalue weighted by Crippen LogP contribution is 2.38. The van der Waals surface area contributed by atoms with E-state index in [4.69, 9.17) is 4.74 Å². The number of nitrogens with one attached hydrogen (secondary N) is 1. The van der Waals surface area contributed by atoms with Crippen LogP contribution in [0.15, 0.2) is 84.9 Å². The highest BCUT2D eigenvalue weighted by molar-refractivity contribution is 5.91. The topological polar surface area (TPSA) is 38.3 Å². The molecule has 0 aromatic heterocycles. The van der Waals surface area contributed by atoms with Crippen LogP contribution in [0.5, 0.6) is 0 Å². The van der Waals surface area contributed by atoms with Crippen molar-refractivity contribution in [1.82, 2.24) is 5.32 Å². The second-order valence-electron chi connectivity index (χ2n) is 9.41. The zero-order valence-electron chi connectivity index (χ0n) is 20.0. The molecule has 3 nitrogen and oxygen atoms in total. The summed E-state index contributed by atoms with van der Waals surface area (Å²) in [4.78, 5) is 12.1. The summed E-state index contributed by atoms with van der Waals surface area (Å²) in [5.41, 5.74) is 6.98. The van der Waals surface area contributed by atoms with Gasteiger partial charge in [0.1, 0.15) is 0 Å². The van der Waals surface area contributed by atoms with Crippen LogP contribution in [0.2, 0.25) is 0 Å². The first-order chi connectivity index (χ1) is 16.5. The third kappa shape index (κ3) is 4.24. The fraction of sp³-hybridized carbons (Fsp3) is 0.258. The summed E-state index contributed by atoms with van der Waals surface area (Å²) in [5.74, 6) is 0.00381. The normalized spacial score (nSPS) is 18.3. The second kappa shape index (κ2) is 9.44. The standard InChI is InChI=1S/C31H31NO2/c1-20-17-24(15-16-26(20)31(33)34-3)30-19-25(18-23-10-5-7-13-29(23)30)32-21(2)27-14-8-11-22-9-4-6-12-28(22)27/h4-17,21,25,30,32H,18-19H2,1-3H3. The molecule has 0 radical (unpaired) electrons. The Kier molecular flexibility index (Phi) is 6.21. The number of hydrogen-bond donors (Lipinski definition) is 1. The van der Waals surface area contributed by atoms with E-state index >= 15 is 0 Å². The second-order valence-corrected chi connectivity index (χ2v) is 9.41. The summed E-state index contributed by atoms with van der Waals surface area (Å²) in [5, 5.41) is 6.54. The molecule has 4 aromatic rings. The van der Waals surface area contributed by atoms with Crippen molar-refractivity contribution in [2.45, 2.75) is 44.7 Å². The minimum Gasteiger partial charge on any atom is -0.465 e. The molecule has 0 aliphatic heterocycles. The van der Waals surface area contributed by atoms with E-state index in [9.17, 15) is 4.79 Å². The molecule has 3 unspecified atom stereocenters. The maximum absolute atomic E-state index is 12.1. The van der Waals surface area contributed by atoms with Crippen LogP contribution in [-0.2, 0) is 11.2 Å². The van der Waals surface area contributed by atoms with Crippen molar-refractivity contribution in [1.29, 1.82) is 0 Å². The number of fused-ring (bicyclic) bond motifs is 2. The van der Waals surface area contributed by atoms with Gasteiger partial charge in [0, 0.05) is 18.0 Å². The van der Waals surface area contributed by atoms with E-state index in [0.717, 1.165) is 18.4 Å². The van der Waals surface area contributed by atoms with E-state index in [0.29, 0.717) is 11.6 Å². The quantitative estimate of drug-likeness (QED) is 0.343. The summed E-state index contributed by atoms with van der Waals surface area (Å²) in [6.07, 6.45) is 2.03. The summed E-state index contributed by atoms with van der Waals surface area (Å²) in [6, 6.07) is 30.7. The molecule has 1 aliphatic carbocycles. The minimum atomic E-state index is -0.281. The predicted molar refractivity (Wildman–Crippen MR) is 138 cm³/mol. The molecule has 3 atom stereocenters. The fourth-order valence-corrected chi connectivity index (χ4v) is 5.58. The average molecular weight is 450 g/mol. The van der Waals surface area contributed by atoms with Crippen LogP contribution < -0.4 is 5.32 Å². The van der Waals surface area contributed by atoms with Crippen molar-refractivity contribution in [2.75, 3.05) is 7.11 Å². The molecule has 4 aromatic carbocycles. The van der Waals surface area contributed by atoms with E-state index in [1.165, 1.54) is 40.1 Å². The van der Waals surface area contributed by atoms with Crippen LogP contribution in [0.25, 0.3) is 10.8 Å². The van der Waals surface area contributed by atoms with Gasteiger partial charge in [-0.15, -0.1) is 0 Å². The number of benzene rings is 4. The molecule has 1 aliphatic rings. The number of carbonyl (C=O) groups is 1. The summed E-state index contributed by atoms with van der Waals surface area (Å²) < 4.78 is 4.94. The Morgan fingerprint density at radius 2 is 1.74 bits per heavy atom. The third-order valence-corrected chi connectivity index (χ3v) is 7.25. The van der Waals surface area contributed by atoms with Crippen LogP contribution in [0, 0.1) is 6.92 Å². The van der Waals surface area contributed by atoms with Crippen LogP contribution in [0.4, 0.5) is 0 Å². The van der Waals surface area contributed by atoms with Crippen LogP contribution >= 0.6 is 0 Å². The van der Waals surface area contributed by atoms with Gasteiger partial charge in [-0.25, -0.2) is 4.79 Å². The molecule has 0 fully saturated rings. The summed E-state index contributed by atoms with van der Waals surface area (Å²) in [7, 11) is 1.43. The molecule has 1 N–H and O–H groups in total. The number of esters is 1. The lowest BCUT2D eigenvalue weighted by molar-refractivity contribution is 0.0600. The predicted octanol–water partition coefficient (Wildman–Crippen LogP) is 6.73. The Bertz CT molecular complexity index is 1340. The maximum atomic E-state index is 12.1. The Morgan fingerprint density at radius 3 is 2.56 bits per heavy atom. The number of hydrogen-bond acceptors (Lipinski definition) is 3. The zero-order chi connectivity index (χ0) is 23.7. The van der Waals surface area contributed by atoms with Gasteiger partial charge in [-0.3, -0.25) is 0 Å². The van der Waals surface area contributed by atoms with E-state index in [2.05, 4.69) is 91.1 Å². The lowest BCUT2D eigenvalue weighted by Gasteiger charge is -2.34. The van der Waals surface area contributed by atoms with E-state index in [-0.39, 0.29) is 17.9 Å². The van der Waals surface area contributed by atoms with Crippen LogP contribution in [-0.4, -0.2) is 19.1 Å². The van der Waals surface area contributed by atoms with Crippen molar-refractivity contribution in [3.05, 3.63) is 118 Å². The highest BCUT2D eigenvalue weighted by atomic mass is 16.5. The molecule has 5 rings (SSSR count). The van der Waals surface area contributed by atoms with Crippen molar-refractivity contribution in [3.63, 3.8) is 0 Å². The summed E-state index contributed by atoms with van der Waals surface area (Å²) in [6.45, 7) is 4.26. The first-order valence-electron chi connectivity index (χ1n) is 12.1. The van der Waals surface area contributed by atoms with Gasteiger partial charge < -0.3 is 10.1 Å². The SMILES string of the molecule is COC(=O)c1ccc(C2CC(NC(C)c3cccc4ccccc34)Cc3ccccc32)cc1C. The van der Waals surface area contributed by atoms with Gasteiger partial charge in [0.2, 0.25) is 0 Å². The maximum Gasteiger partial charge on any atom is 0.338 e. The number of carbonyl (C=O) groups excluding carboxylic acids is 1. The number of rotatable bonds is 5. The molecule has 0 saturated heterocycles. The van der Waals surface area contributed by atoms with E-state index in [1.807, 2.05) is 13.0 Å². The van der Waals surface area contributed by atoms with Gasteiger partial charge in [-0.05, 0) is 71.3 Å². The first-order valence-corrected chi connectivity index (χ1v) is 12.1. The van der Waals surface area contributed by atoms with Crippen molar-refractivity contribution in [3.8, 4) is 0 Å². The molecule has 172 valence electrons. The Labute approximate surface area is 201 Å². The average Bonchev–Trinajstić information content (AvgIpc) is 2.87. The Morgan fingerprint density at radius 1 is 0.971 bits per heavy atom.